The van der Waals surface area contributed by atoms with Crippen molar-refractivity contribution in [3.63, 3.8) is 0 Å². The van der Waals surface area contributed by atoms with Crippen LogP contribution in [0.1, 0.15) is 56.2 Å². The van der Waals surface area contributed by atoms with Crippen LogP contribution in [0.2, 0.25) is 0 Å². The molecule has 322 valence electrons. The molecule has 0 unspecified atom stereocenters. The zero-order valence-corrected chi connectivity index (χ0v) is 38.2. The monoisotopic (exact) mass is 872 g/mol. The summed E-state index contributed by atoms with van der Waals surface area (Å²) in [4.78, 5) is 8.26. The van der Waals surface area contributed by atoms with Gasteiger partial charge in [0.15, 0.2) is 5.69 Å². The first-order chi connectivity index (χ1) is 33.3. The van der Waals surface area contributed by atoms with Crippen LogP contribution in [0.25, 0.3) is 81.0 Å². The molecule has 0 bridgehead atoms. The van der Waals surface area contributed by atoms with Crippen molar-refractivity contribution >= 4 is 116 Å². The highest BCUT2D eigenvalue weighted by Gasteiger charge is 2.24. The molecule has 0 aliphatic carbocycles. The Morgan fingerprint density at radius 1 is 0.412 bits per heavy atom. The molecule has 0 aliphatic heterocycles. The standard InChI is InChI=1S/C62H44N6/c1-37(2)40-14-22-44(23-15-40)65(43-20-12-39(36-63)13-21-43)47-28-30-57-53(32-47)49-8-6-10-51-55-35-60-56(34-59(55)67(57)61(49)51)52-11-7-9-50-54-33-48(29-31-58(54)68(60)62(50)52)66(46-26-18-42(64-5)19-27-46)45-24-16-41(17-25-45)38(3)4/h6-35,37-38H,1-4H3. The van der Waals surface area contributed by atoms with Crippen molar-refractivity contribution in [1.29, 1.82) is 5.26 Å². The van der Waals surface area contributed by atoms with E-state index in [9.17, 15) is 5.26 Å². The number of para-hydroxylation sites is 2. The molecule has 13 rings (SSSR count). The average Bonchev–Trinajstić information content (AvgIpc) is 4.10. The molecule has 0 fully saturated rings. The molecule has 6 nitrogen and oxygen atoms in total. The first-order valence-corrected chi connectivity index (χ1v) is 23.4. The highest BCUT2D eigenvalue weighted by atomic mass is 15.1. The first kappa shape index (κ1) is 39.5. The van der Waals surface area contributed by atoms with Crippen LogP contribution in [0.4, 0.5) is 39.8 Å². The summed E-state index contributed by atoms with van der Waals surface area (Å²) in [6.07, 6.45) is 0. The molecule has 4 heterocycles. The van der Waals surface area contributed by atoms with Crippen LogP contribution < -0.4 is 9.80 Å². The van der Waals surface area contributed by atoms with E-state index in [0.29, 0.717) is 23.1 Å². The maximum Gasteiger partial charge on any atom is 0.187 e. The smallest absolute Gasteiger partial charge is 0.187 e. The van der Waals surface area contributed by atoms with Gasteiger partial charge in [-0.1, -0.05) is 100 Å². The van der Waals surface area contributed by atoms with Crippen molar-refractivity contribution in [2.45, 2.75) is 39.5 Å². The molecular weight excluding hydrogens is 829 g/mol. The van der Waals surface area contributed by atoms with Crippen molar-refractivity contribution in [2.75, 3.05) is 9.80 Å². The lowest BCUT2D eigenvalue weighted by Gasteiger charge is -2.26. The average molecular weight is 873 g/mol. The highest BCUT2D eigenvalue weighted by molar-refractivity contribution is 6.29. The van der Waals surface area contributed by atoms with Crippen LogP contribution in [0.3, 0.4) is 0 Å². The highest BCUT2D eigenvalue weighted by Crippen LogP contribution is 2.47. The Balaban J connectivity index is 0.988. The molecule has 0 N–H and O–H groups in total. The molecule has 0 saturated heterocycles. The van der Waals surface area contributed by atoms with Gasteiger partial charge >= 0.3 is 0 Å². The second-order valence-corrected chi connectivity index (χ2v) is 18.8. The van der Waals surface area contributed by atoms with E-state index in [1.54, 1.807) is 0 Å². The number of nitriles is 1. The minimum atomic E-state index is 0.432. The van der Waals surface area contributed by atoms with Gasteiger partial charge in [0, 0.05) is 77.2 Å². The molecule has 0 atom stereocenters. The summed E-state index contributed by atoms with van der Waals surface area (Å²) in [5.41, 5.74) is 17.3. The predicted molar refractivity (Wildman–Crippen MR) is 284 cm³/mol. The number of fused-ring (bicyclic) bond motifs is 12. The molecule has 0 amide bonds. The van der Waals surface area contributed by atoms with Crippen molar-refractivity contribution in [3.8, 4) is 6.07 Å². The van der Waals surface area contributed by atoms with Crippen LogP contribution in [-0.4, -0.2) is 8.80 Å². The van der Waals surface area contributed by atoms with E-state index in [2.05, 4.69) is 191 Å². The van der Waals surface area contributed by atoms with Gasteiger partial charge < -0.3 is 18.6 Å². The van der Waals surface area contributed by atoms with E-state index < -0.39 is 0 Å². The summed E-state index contributed by atoms with van der Waals surface area (Å²) in [7, 11) is 0. The Hall–Kier alpha value is -8.84. The van der Waals surface area contributed by atoms with Crippen LogP contribution in [0.5, 0.6) is 0 Å². The third kappa shape index (κ3) is 5.74. The fraction of sp³-hybridized carbons (Fsp3) is 0.0968. The van der Waals surface area contributed by atoms with E-state index >= 15 is 0 Å². The second-order valence-electron chi connectivity index (χ2n) is 18.8. The normalized spacial score (nSPS) is 12.1. The summed E-state index contributed by atoms with van der Waals surface area (Å²) in [6.45, 7) is 16.5. The number of rotatable bonds is 8. The first-order valence-electron chi connectivity index (χ1n) is 23.4. The van der Waals surface area contributed by atoms with Gasteiger partial charge in [0.05, 0.1) is 51.3 Å². The van der Waals surface area contributed by atoms with Crippen molar-refractivity contribution in [1.82, 2.24) is 8.80 Å². The quantitative estimate of drug-likeness (QED) is 0.143. The van der Waals surface area contributed by atoms with Crippen LogP contribution in [-0.2, 0) is 0 Å². The molecule has 68 heavy (non-hydrogen) atoms. The number of nitrogens with zero attached hydrogens (tertiary/aromatic N) is 6. The number of benzene rings is 9. The van der Waals surface area contributed by atoms with Crippen LogP contribution in [0, 0.1) is 17.9 Å². The maximum atomic E-state index is 9.61. The Morgan fingerprint density at radius 3 is 1.13 bits per heavy atom. The number of aromatic nitrogens is 2. The van der Waals surface area contributed by atoms with Crippen LogP contribution >= 0.6 is 0 Å². The minimum Gasteiger partial charge on any atom is -0.311 e. The minimum absolute atomic E-state index is 0.432. The second kappa shape index (κ2) is 14.8. The predicted octanol–water partition coefficient (Wildman–Crippen LogP) is 17.6. The van der Waals surface area contributed by atoms with E-state index in [0.717, 1.165) is 34.1 Å². The Kier molecular flexibility index (Phi) is 8.62. The topological polar surface area (TPSA) is 43.5 Å². The molecule has 4 aromatic heterocycles. The van der Waals surface area contributed by atoms with Crippen molar-refractivity contribution < 1.29 is 0 Å². The molecule has 0 aliphatic rings. The number of hydrogen-bond donors (Lipinski definition) is 0. The van der Waals surface area contributed by atoms with Gasteiger partial charge in [-0.05, 0) is 132 Å². The molecule has 0 saturated carbocycles. The van der Waals surface area contributed by atoms with E-state index in [-0.39, 0.29) is 0 Å². The molecule has 0 spiro atoms. The summed E-state index contributed by atoms with van der Waals surface area (Å²) in [6, 6.07) is 67.9. The summed E-state index contributed by atoms with van der Waals surface area (Å²) in [5.74, 6) is 0.867. The molecule has 9 aromatic carbocycles. The maximum absolute atomic E-state index is 9.61. The van der Waals surface area contributed by atoms with Gasteiger partial charge in [-0.3, -0.25) is 0 Å². The van der Waals surface area contributed by atoms with Gasteiger partial charge in [-0.2, -0.15) is 5.26 Å². The zero-order chi connectivity index (χ0) is 45.9. The zero-order valence-electron chi connectivity index (χ0n) is 38.2. The lowest BCUT2D eigenvalue weighted by Crippen LogP contribution is -2.10. The molecule has 6 heteroatoms. The van der Waals surface area contributed by atoms with Crippen molar-refractivity contribution in [2.24, 2.45) is 0 Å². The summed E-state index contributed by atoms with van der Waals surface area (Å²) in [5, 5.41) is 19.4. The van der Waals surface area contributed by atoms with Gasteiger partial charge in [-0.15, -0.1) is 0 Å². The fourth-order valence-electron chi connectivity index (χ4n) is 11.0. The Labute approximate surface area is 393 Å². The molecular formula is C62H44N6. The molecule has 0 radical (unpaired) electrons. The van der Waals surface area contributed by atoms with E-state index in [1.807, 2.05) is 48.5 Å². The molecule has 13 aromatic rings. The van der Waals surface area contributed by atoms with Gasteiger partial charge in [0.25, 0.3) is 0 Å². The Morgan fingerprint density at radius 2 is 0.765 bits per heavy atom. The summed E-state index contributed by atoms with van der Waals surface area (Å²) < 4.78 is 4.96. The van der Waals surface area contributed by atoms with Crippen LogP contribution in [0.15, 0.2) is 182 Å². The third-order valence-corrected chi connectivity index (χ3v) is 14.4. The van der Waals surface area contributed by atoms with Gasteiger partial charge in [0.2, 0.25) is 0 Å². The van der Waals surface area contributed by atoms with E-state index in [1.165, 1.54) is 87.3 Å². The van der Waals surface area contributed by atoms with E-state index in [4.69, 9.17) is 6.57 Å². The largest absolute Gasteiger partial charge is 0.311 e. The fourth-order valence-corrected chi connectivity index (χ4v) is 11.0. The SMILES string of the molecule is [C-]#[N+]c1ccc(N(c2ccc(C(C)C)cc2)c2ccc3c(c2)c2cccc4c5cc6c(cc5n3c24)c2cccc3c4cc(N(c5ccc(C#N)cc5)c5ccc(C(C)C)cc5)ccc4n6c32)cc1. The number of hydrogen-bond acceptors (Lipinski definition) is 3. The summed E-state index contributed by atoms with van der Waals surface area (Å²) >= 11 is 0. The van der Waals surface area contributed by atoms with Gasteiger partial charge in [-0.25, -0.2) is 4.85 Å². The van der Waals surface area contributed by atoms with Gasteiger partial charge in [0.1, 0.15) is 0 Å². The Bertz CT molecular complexity index is 3920. The lowest BCUT2D eigenvalue weighted by atomic mass is 10.0. The van der Waals surface area contributed by atoms with Crippen molar-refractivity contribution in [3.05, 3.63) is 210 Å². The lowest BCUT2D eigenvalue weighted by molar-refractivity contribution is 0.866. The number of anilines is 6. The third-order valence-electron chi connectivity index (χ3n) is 14.4.